The van der Waals surface area contributed by atoms with Crippen LogP contribution >= 0.6 is 136 Å². The number of carbonyl (C=O) groups excluding carboxylic acids is 8. The lowest BCUT2D eigenvalue weighted by molar-refractivity contribution is -0.141. The molecule has 474 valence electrons. The standard InChI is InChI=1S/C46H61I6N11O22/c47-35-31(43(82)55-5-20(68)16-64)37(49)41(38(50)32(35)44(83)56-6-21(69)17-65)59-24(72)9-53-26(74)11-62(14-29(78)79)3-1-61(13-28(76)77)2-4-63(15-30(80)81)12-27(75)54-10-25(73)60-42-39(51)33(45(84)57-7-22(70)18-66)36(48)34(40(42)52)46(85)58-8-23(71)19-67/h20-23,64-71H,1-19H2,(H,53,74)(H,54,75)(H,55,82)(H,56,83)(H,57,84)(H,58,85)(H,59,72)(H,60,73)(H,76,77)(H,78,79)(H,80,81). The molecule has 0 spiro atoms. The van der Waals surface area contributed by atoms with E-state index in [9.17, 15) is 109 Å². The zero-order chi connectivity index (χ0) is 64.4. The number of aliphatic hydroxyl groups is 8. The summed E-state index contributed by atoms with van der Waals surface area (Å²) in [5, 5.41) is 125. The number of benzene rings is 2. The summed E-state index contributed by atoms with van der Waals surface area (Å²) in [5.41, 5.74) is -0.677. The number of nitrogens with one attached hydrogen (secondary N) is 8. The van der Waals surface area contributed by atoms with Gasteiger partial charge in [-0.25, -0.2) is 0 Å². The minimum absolute atomic E-state index is 0.0696. The third-order valence-electron chi connectivity index (χ3n) is 11.1. The number of hydrogen-bond donors (Lipinski definition) is 19. The number of rotatable bonds is 38. The summed E-state index contributed by atoms with van der Waals surface area (Å²) in [5.74, 6) is -11.0. The van der Waals surface area contributed by atoms with Crippen LogP contribution in [0.25, 0.3) is 0 Å². The lowest BCUT2D eigenvalue weighted by atomic mass is 10.1. The van der Waals surface area contributed by atoms with Gasteiger partial charge in [0.2, 0.25) is 23.6 Å². The van der Waals surface area contributed by atoms with E-state index in [1.54, 1.807) is 136 Å². The van der Waals surface area contributed by atoms with Crippen molar-refractivity contribution in [3.8, 4) is 0 Å². The van der Waals surface area contributed by atoms with Crippen LogP contribution in [-0.4, -0.2) is 285 Å². The van der Waals surface area contributed by atoms with E-state index < -0.39 is 188 Å². The van der Waals surface area contributed by atoms with Crippen molar-refractivity contribution in [3.05, 3.63) is 43.7 Å². The monoisotopic (exact) mass is 1880 g/mol. The molecule has 0 aliphatic heterocycles. The Morgan fingerprint density at radius 2 is 0.576 bits per heavy atom. The van der Waals surface area contributed by atoms with Gasteiger partial charge in [0.1, 0.15) is 0 Å². The summed E-state index contributed by atoms with van der Waals surface area (Å²) in [7, 11) is 0. The van der Waals surface area contributed by atoms with E-state index in [1.165, 1.54) is 4.90 Å². The summed E-state index contributed by atoms with van der Waals surface area (Å²) >= 11 is 10.3. The smallest absolute Gasteiger partial charge is 0.317 e. The van der Waals surface area contributed by atoms with Gasteiger partial charge in [-0.1, -0.05) is 0 Å². The lowest BCUT2D eigenvalue weighted by Gasteiger charge is -2.28. The maximum atomic E-state index is 13.4. The molecule has 2 aromatic rings. The van der Waals surface area contributed by atoms with Crippen LogP contribution in [-0.2, 0) is 33.6 Å². The maximum absolute atomic E-state index is 13.4. The first-order valence-corrected chi connectivity index (χ1v) is 31.0. The van der Waals surface area contributed by atoms with Gasteiger partial charge in [0, 0.05) is 59.5 Å². The first-order valence-electron chi connectivity index (χ1n) is 24.6. The van der Waals surface area contributed by atoms with Crippen molar-refractivity contribution in [3.63, 3.8) is 0 Å². The molecule has 0 heterocycles. The molecule has 0 saturated carbocycles. The van der Waals surface area contributed by atoms with E-state index in [-0.39, 0.29) is 81.2 Å². The second-order valence-electron chi connectivity index (χ2n) is 17.8. The van der Waals surface area contributed by atoms with Crippen molar-refractivity contribution in [2.24, 2.45) is 0 Å². The quantitative estimate of drug-likeness (QED) is 0.0279. The van der Waals surface area contributed by atoms with Gasteiger partial charge in [0.05, 0.1) is 145 Å². The summed E-state index contributed by atoms with van der Waals surface area (Å²) in [6.45, 7) is -10.4. The minimum atomic E-state index is -1.40. The van der Waals surface area contributed by atoms with Crippen molar-refractivity contribution < 1.29 is 109 Å². The average molecular weight is 1880 g/mol. The zero-order valence-corrected chi connectivity index (χ0v) is 57.2. The fraction of sp³-hybridized carbons (Fsp3) is 0.500. The normalized spacial score (nSPS) is 12.6. The Kier molecular flexibility index (Phi) is 36.1. The Labute approximate surface area is 565 Å². The predicted molar refractivity (Wildman–Crippen MR) is 346 cm³/mol. The number of hydrogen-bond acceptors (Lipinski definition) is 22. The van der Waals surface area contributed by atoms with E-state index >= 15 is 0 Å². The van der Waals surface area contributed by atoms with Crippen LogP contribution in [0.5, 0.6) is 0 Å². The van der Waals surface area contributed by atoms with Gasteiger partial charge in [-0.15, -0.1) is 0 Å². The number of aliphatic carboxylic acids is 3. The second kappa shape index (κ2) is 39.5. The molecule has 0 bridgehead atoms. The number of aliphatic hydroxyl groups excluding tert-OH is 8. The molecule has 8 amide bonds. The number of carbonyl (C=O) groups is 11. The largest absolute Gasteiger partial charge is 0.480 e. The third kappa shape index (κ3) is 26.7. The highest BCUT2D eigenvalue weighted by atomic mass is 127. The van der Waals surface area contributed by atoms with Gasteiger partial charge in [0.25, 0.3) is 23.6 Å². The Hall–Kier alpha value is -3.45. The molecule has 0 aliphatic rings. The highest BCUT2D eigenvalue weighted by Gasteiger charge is 2.32. The molecule has 0 aromatic heterocycles. The molecule has 2 rings (SSSR count). The molecule has 0 saturated heterocycles. The van der Waals surface area contributed by atoms with Crippen molar-refractivity contribution in [2.75, 3.05) is 135 Å². The Bertz CT molecular complexity index is 2490. The highest BCUT2D eigenvalue weighted by molar-refractivity contribution is 14.1. The molecule has 39 heteroatoms. The van der Waals surface area contributed by atoms with Gasteiger partial charge < -0.3 is 98.7 Å². The van der Waals surface area contributed by atoms with E-state index in [0.717, 1.165) is 9.80 Å². The van der Waals surface area contributed by atoms with Crippen molar-refractivity contribution in [2.45, 2.75) is 24.4 Å². The number of nitrogens with zero attached hydrogens (tertiary/aromatic N) is 3. The number of anilines is 2. The maximum Gasteiger partial charge on any atom is 0.317 e. The second-order valence-corrected chi connectivity index (χ2v) is 24.3. The molecule has 0 fully saturated rings. The number of carboxylic acids is 3. The fourth-order valence-electron chi connectivity index (χ4n) is 6.88. The molecule has 19 N–H and O–H groups in total. The first-order chi connectivity index (χ1) is 39.9. The average Bonchev–Trinajstić information content (AvgIpc) is 2.08. The number of amides is 8. The van der Waals surface area contributed by atoms with E-state index in [1.807, 2.05) is 0 Å². The van der Waals surface area contributed by atoms with Gasteiger partial charge in [-0.3, -0.25) is 67.4 Å². The highest BCUT2D eigenvalue weighted by Crippen LogP contribution is 2.37. The Morgan fingerprint density at radius 3 is 0.812 bits per heavy atom. The third-order valence-corrected chi connectivity index (χ3v) is 17.5. The zero-order valence-electron chi connectivity index (χ0n) is 44.3. The van der Waals surface area contributed by atoms with Crippen molar-refractivity contribution in [1.29, 1.82) is 0 Å². The Morgan fingerprint density at radius 1 is 0.341 bits per heavy atom. The summed E-state index contributed by atoms with van der Waals surface area (Å²) < 4.78 is 0.579. The molecule has 2 aromatic carbocycles. The summed E-state index contributed by atoms with van der Waals surface area (Å²) in [4.78, 5) is 146. The molecule has 33 nitrogen and oxygen atoms in total. The SMILES string of the molecule is O=C(O)CN(CCN(CC(=O)O)CC(=O)NCC(=O)Nc1c(I)c(C(=O)NCC(O)CO)c(I)c(C(=O)NCC(O)CO)c1I)CCN(CC(=O)O)CC(=O)NCC(=O)Nc1c(I)c(C(=O)NCC(O)CO)c(I)c(C(=O)NCC(O)CO)c1I. The van der Waals surface area contributed by atoms with Crippen LogP contribution in [0, 0.1) is 21.4 Å². The molecule has 0 aliphatic carbocycles. The van der Waals surface area contributed by atoms with Crippen LogP contribution in [0.2, 0.25) is 0 Å². The van der Waals surface area contributed by atoms with Gasteiger partial charge in [-0.05, 0) is 136 Å². The summed E-state index contributed by atoms with van der Waals surface area (Å²) in [6, 6.07) is 0. The van der Waals surface area contributed by atoms with Crippen LogP contribution in [0.15, 0.2) is 0 Å². The number of halogens is 6. The molecular formula is C46H61I6N11O22. The minimum Gasteiger partial charge on any atom is -0.480 e. The van der Waals surface area contributed by atoms with Crippen LogP contribution in [0.4, 0.5) is 11.4 Å². The topological polar surface area (TPSA) is 516 Å². The Balaban J connectivity index is 2.24. The first kappa shape index (κ1) is 77.6. The molecule has 4 atom stereocenters. The molecule has 0 radical (unpaired) electrons. The van der Waals surface area contributed by atoms with Gasteiger partial charge in [0.15, 0.2) is 0 Å². The van der Waals surface area contributed by atoms with Gasteiger partial charge in [-0.2, -0.15) is 0 Å². The summed E-state index contributed by atoms with van der Waals surface area (Å²) in [6.07, 6.45) is -5.36. The van der Waals surface area contributed by atoms with E-state index in [2.05, 4.69) is 42.5 Å². The van der Waals surface area contributed by atoms with E-state index in [0.29, 0.717) is 0 Å². The van der Waals surface area contributed by atoms with Crippen molar-refractivity contribution >= 4 is 212 Å². The number of carboxylic acid groups (broad SMARTS) is 3. The fourth-order valence-corrected chi connectivity index (χ4v) is 15.7. The lowest BCUT2D eigenvalue weighted by Crippen LogP contribution is -2.48. The molecular weight excluding hydrogens is 1820 g/mol. The van der Waals surface area contributed by atoms with Crippen molar-refractivity contribution in [1.82, 2.24) is 46.6 Å². The van der Waals surface area contributed by atoms with Crippen LogP contribution in [0.1, 0.15) is 41.4 Å². The van der Waals surface area contributed by atoms with E-state index in [4.69, 9.17) is 0 Å². The van der Waals surface area contributed by atoms with Crippen LogP contribution < -0.4 is 42.5 Å². The van der Waals surface area contributed by atoms with Gasteiger partial charge >= 0.3 is 17.9 Å². The predicted octanol–water partition coefficient (Wildman–Crippen LogP) is -5.38. The van der Waals surface area contributed by atoms with Crippen LogP contribution in [0.3, 0.4) is 0 Å². The molecule has 4 unspecified atom stereocenters. The molecule has 85 heavy (non-hydrogen) atoms.